The highest BCUT2D eigenvalue weighted by Crippen LogP contribution is 2.34. The van der Waals surface area contributed by atoms with Crippen LogP contribution in [0.1, 0.15) is 45.4 Å². The van der Waals surface area contributed by atoms with Crippen molar-refractivity contribution in [3.63, 3.8) is 0 Å². The van der Waals surface area contributed by atoms with Gasteiger partial charge in [0.25, 0.3) is 0 Å². The Hall–Kier alpha value is -0.120. The molecule has 1 saturated carbocycles. The summed E-state index contributed by atoms with van der Waals surface area (Å²) < 4.78 is 0. The fourth-order valence-electron chi connectivity index (χ4n) is 4.71. The topological polar surface area (TPSA) is 18.5 Å². The summed E-state index contributed by atoms with van der Waals surface area (Å²) in [6, 6.07) is 0.827. The van der Waals surface area contributed by atoms with Crippen LogP contribution in [0, 0.1) is 5.92 Å². The molecule has 0 aromatic rings. The molecule has 2 atom stereocenters. The Labute approximate surface area is 118 Å². The zero-order valence-corrected chi connectivity index (χ0v) is 12.8. The van der Waals surface area contributed by atoms with Crippen molar-refractivity contribution >= 4 is 0 Å². The standard InChI is InChI=1S/C16H31N3/c1-14-12-18(2)11-6-15(14)19-10-5-9-17-16(13-19)7-3-4-8-16/h14-15,17H,3-13H2,1-2H3. The summed E-state index contributed by atoms with van der Waals surface area (Å²) in [6.07, 6.45) is 8.39. The van der Waals surface area contributed by atoms with Gasteiger partial charge in [-0.1, -0.05) is 19.8 Å². The molecule has 0 aromatic heterocycles. The second kappa shape index (κ2) is 5.71. The van der Waals surface area contributed by atoms with Crippen molar-refractivity contribution in [1.29, 1.82) is 0 Å². The summed E-state index contributed by atoms with van der Waals surface area (Å²) in [7, 11) is 2.27. The van der Waals surface area contributed by atoms with Gasteiger partial charge in [-0.15, -0.1) is 0 Å². The van der Waals surface area contributed by atoms with E-state index in [4.69, 9.17) is 0 Å². The lowest BCUT2D eigenvalue weighted by Gasteiger charge is -2.44. The van der Waals surface area contributed by atoms with Gasteiger partial charge in [0.15, 0.2) is 0 Å². The third-order valence-electron chi connectivity index (χ3n) is 5.72. The quantitative estimate of drug-likeness (QED) is 0.781. The molecule has 1 aliphatic carbocycles. The predicted octanol–water partition coefficient (Wildman–Crippen LogP) is 1.93. The second-order valence-corrected chi connectivity index (χ2v) is 7.33. The van der Waals surface area contributed by atoms with Gasteiger partial charge in [-0.2, -0.15) is 0 Å². The van der Waals surface area contributed by atoms with Gasteiger partial charge in [0.1, 0.15) is 0 Å². The van der Waals surface area contributed by atoms with E-state index >= 15 is 0 Å². The Morgan fingerprint density at radius 3 is 2.63 bits per heavy atom. The van der Waals surface area contributed by atoms with Crippen LogP contribution < -0.4 is 5.32 Å². The van der Waals surface area contributed by atoms with Gasteiger partial charge in [0, 0.05) is 24.7 Å². The van der Waals surface area contributed by atoms with Gasteiger partial charge < -0.3 is 10.2 Å². The van der Waals surface area contributed by atoms with Gasteiger partial charge >= 0.3 is 0 Å². The van der Waals surface area contributed by atoms with Crippen LogP contribution in [-0.4, -0.2) is 61.2 Å². The maximum Gasteiger partial charge on any atom is 0.0308 e. The molecule has 2 aliphatic heterocycles. The maximum atomic E-state index is 3.90. The number of piperidine rings is 1. The van der Waals surface area contributed by atoms with Gasteiger partial charge in [-0.25, -0.2) is 0 Å². The average molecular weight is 265 g/mol. The predicted molar refractivity (Wildman–Crippen MR) is 80.5 cm³/mol. The Morgan fingerprint density at radius 2 is 1.89 bits per heavy atom. The molecule has 0 amide bonds. The van der Waals surface area contributed by atoms with Crippen molar-refractivity contribution in [2.45, 2.75) is 57.0 Å². The van der Waals surface area contributed by atoms with Crippen LogP contribution in [0.5, 0.6) is 0 Å². The SMILES string of the molecule is CC1CN(C)CCC1N1CCCNC2(CCCC2)C1. The van der Waals surface area contributed by atoms with E-state index in [1.807, 2.05) is 0 Å². The van der Waals surface area contributed by atoms with Crippen LogP contribution in [0.3, 0.4) is 0 Å². The van der Waals surface area contributed by atoms with Crippen LogP contribution in [0.15, 0.2) is 0 Å². The molecular formula is C16H31N3. The van der Waals surface area contributed by atoms with Gasteiger partial charge in [0.05, 0.1) is 0 Å². The molecule has 3 rings (SSSR count). The fourth-order valence-corrected chi connectivity index (χ4v) is 4.71. The summed E-state index contributed by atoms with van der Waals surface area (Å²) in [6.45, 7) is 8.88. The zero-order valence-electron chi connectivity index (χ0n) is 12.8. The van der Waals surface area contributed by atoms with E-state index in [1.165, 1.54) is 71.2 Å². The molecule has 3 fully saturated rings. The number of rotatable bonds is 1. The normalized spacial score (nSPS) is 37.6. The van der Waals surface area contributed by atoms with Gasteiger partial charge in [-0.3, -0.25) is 4.90 Å². The van der Waals surface area contributed by atoms with Crippen LogP contribution in [0.2, 0.25) is 0 Å². The lowest BCUT2D eigenvalue weighted by molar-refractivity contribution is 0.0617. The van der Waals surface area contributed by atoms with Crippen molar-refractivity contribution in [2.75, 3.05) is 39.8 Å². The lowest BCUT2D eigenvalue weighted by Crippen LogP contribution is -2.55. The van der Waals surface area contributed by atoms with Crippen LogP contribution in [0.4, 0.5) is 0 Å². The molecule has 1 N–H and O–H groups in total. The minimum absolute atomic E-state index is 0.472. The monoisotopic (exact) mass is 265 g/mol. The average Bonchev–Trinajstić information content (AvgIpc) is 2.71. The third kappa shape index (κ3) is 2.98. The first kappa shape index (κ1) is 13.8. The summed E-state index contributed by atoms with van der Waals surface area (Å²) in [5.74, 6) is 0.829. The number of likely N-dealkylation sites (tertiary alicyclic amines) is 1. The molecule has 0 bridgehead atoms. The summed E-state index contributed by atoms with van der Waals surface area (Å²) >= 11 is 0. The smallest absolute Gasteiger partial charge is 0.0308 e. The molecule has 2 saturated heterocycles. The van der Waals surface area contributed by atoms with Crippen LogP contribution >= 0.6 is 0 Å². The number of hydrogen-bond acceptors (Lipinski definition) is 3. The molecule has 3 heteroatoms. The van der Waals surface area contributed by atoms with E-state index in [0.717, 1.165) is 12.0 Å². The number of nitrogens with one attached hydrogen (secondary N) is 1. The lowest BCUT2D eigenvalue weighted by atomic mass is 9.90. The minimum atomic E-state index is 0.472. The fraction of sp³-hybridized carbons (Fsp3) is 1.00. The van der Waals surface area contributed by atoms with Crippen molar-refractivity contribution in [3.8, 4) is 0 Å². The molecule has 110 valence electrons. The van der Waals surface area contributed by atoms with Crippen molar-refractivity contribution in [1.82, 2.24) is 15.1 Å². The van der Waals surface area contributed by atoms with Crippen LogP contribution in [-0.2, 0) is 0 Å². The van der Waals surface area contributed by atoms with Gasteiger partial charge in [0.2, 0.25) is 0 Å². The molecule has 3 aliphatic rings. The summed E-state index contributed by atoms with van der Waals surface area (Å²) in [5.41, 5.74) is 0.472. The number of nitrogens with zero attached hydrogens (tertiary/aromatic N) is 2. The first-order valence-electron chi connectivity index (χ1n) is 8.36. The highest BCUT2D eigenvalue weighted by molar-refractivity contribution is 4.99. The minimum Gasteiger partial charge on any atom is -0.310 e. The molecule has 3 nitrogen and oxygen atoms in total. The van der Waals surface area contributed by atoms with Gasteiger partial charge in [-0.05, 0) is 58.3 Å². The first-order chi connectivity index (χ1) is 9.19. The molecule has 1 spiro atoms. The van der Waals surface area contributed by atoms with Crippen LogP contribution in [0.25, 0.3) is 0 Å². The summed E-state index contributed by atoms with van der Waals surface area (Å²) in [4.78, 5) is 5.35. The first-order valence-corrected chi connectivity index (χ1v) is 8.36. The van der Waals surface area contributed by atoms with E-state index in [1.54, 1.807) is 0 Å². The number of hydrogen-bond donors (Lipinski definition) is 1. The zero-order chi connectivity index (χ0) is 13.3. The van der Waals surface area contributed by atoms with E-state index in [-0.39, 0.29) is 0 Å². The second-order valence-electron chi connectivity index (χ2n) is 7.33. The molecule has 0 aromatic carbocycles. The van der Waals surface area contributed by atoms with Crippen molar-refractivity contribution < 1.29 is 0 Å². The van der Waals surface area contributed by atoms with E-state index < -0.39 is 0 Å². The van der Waals surface area contributed by atoms with Crippen molar-refractivity contribution in [3.05, 3.63) is 0 Å². The highest BCUT2D eigenvalue weighted by Gasteiger charge is 2.39. The Morgan fingerprint density at radius 1 is 1.11 bits per heavy atom. The third-order valence-corrected chi connectivity index (χ3v) is 5.72. The molecule has 19 heavy (non-hydrogen) atoms. The Balaban J connectivity index is 1.68. The van der Waals surface area contributed by atoms with E-state index in [0.29, 0.717) is 5.54 Å². The largest absolute Gasteiger partial charge is 0.310 e. The highest BCUT2D eigenvalue weighted by atomic mass is 15.2. The molecule has 2 unspecified atom stereocenters. The van der Waals surface area contributed by atoms with E-state index in [2.05, 4.69) is 29.1 Å². The molecule has 0 radical (unpaired) electrons. The summed E-state index contributed by atoms with van der Waals surface area (Å²) in [5, 5.41) is 3.90. The Bertz CT molecular complexity index is 298. The van der Waals surface area contributed by atoms with E-state index in [9.17, 15) is 0 Å². The van der Waals surface area contributed by atoms with Crippen molar-refractivity contribution in [2.24, 2.45) is 5.92 Å². The molecule has 2 heterocycles. The maximum absolute atomic E-state index is 3.90. The Kier molecular flexibility index (Phi) is 4.16. The molecular weight excluding hydrogens is 234 g/mol.